The van der Waals surface area contributed by atoms with Crippen LogP contribution < -0.4 is 4.74 Å². The first kappa shape index (κ1) is 15.8. The van der Waals surface area contributed by atoms with Crippen molar-refractivity contribution in [3.63, 3.8) is 0 Å². The van der Waals surface area contributed by atoms with Gasteiger partial charge in [-0.05, 0) is 12.5 Å². The summed E-state index contributed by atoms with van der Waals surface area (Å²) in [5, 5.41) is 0. The first-order valence-electron chi connectivity index (χ1n) is 5.81. The molecule has 0 aliphatic carbocycles. The minimum Gasteiger partial charge on any atom is -0.492 e. The highest BCUT2D eigenvalue weighted by Crippen LogP contribution is 2.10. The third kappa shape index (κ3) is 7.70. The van der Waals surface area contributed by atoms with E-state index >= 15 is 0 Å². The number of nitrogens with zero attached hydrogens (tertiary/aromatic N) is 1. The summed E-state index contributed by atoms with van der Waals surface area (Å²) in [6.07, 6.45) is 5.52. The van der Waals surface area contributed by atoms with Crippen LogP contribution in [0.15, 0.2) is 18.5 Å². The summed E-state index contributed by atoms with van der Waals surface area (Å²) in [7, 11) is -2.93. The second-order valence-corrected chi connectivity index (χ2v) is 6.62. The van der Waals surface area contributed by atoms with Gasteiger partial charge in [0.25, 0.3) is 0 Å². The van der Waals surface area contributed by atoms with E-state index in [1.165, 1.54) is 6.26 Å². The van der Waals surface area contributed by atoms with Gasteiger partial charge in [-0.15, -0.1) is 11.6 Å². The van der Waals surface area contributed by atoms with Gasteiger partial charge in [-0.1, -0.05) is 11.8 Å². The summed E-state index contributed by atoms with van der Waals surface area (Å²) in [5.41, 5.74) is 0.755. The fourth-order valence-electron chi connectivity index (χ4n) is 1.29. The molecule has 0 saturated heterocycles. The van der Waals surface area contributed by atoms with Crippen LogP contribution in [0.25, 0.3) is 0 Å². The van der Waals surface area contributed by atoms with Crippen molar-refractivity contribution in [2.24, 2.45) is 0 Å². The molecule has 0 saturated carbocycles. The number of ether oxygens (including phenoxy) is 1. The average molecular weight is 302 g/mol. The Hall–Kier alpha value is -1.25. The van der Waals surface area contributed by atoms with Gasteiger partial charge in [0.1, 0.15) is 15.6 Å². The Bertz CT molecular complexity index is 561. The first-order valence-corrected chi connectivity index (χ1v) is 8.41. The number of hydrogen-bond donors (Lipinski definition) is 0. The fraction of sp³-hybridized carbons (Fsp3) is 0.462. The lowest BCUT2D eigenvalue weighted by Crippen LogP contribution is -2.08. The third-order valence-electron chi connectivity index (χ3n) is 2.09. The van der Waals surface area contributed by atoms with Crippen LogP contribution in [0.2, 0.25) is 0 Å². The predicted octanol–water partition coefficient (Wildman–Crippen LogP) is 1.88. The number of rotatable bonds is 6. The summed E-state index contributed by atoms with van der Waals surface area (Å²) in [6.45, 7) is 0.341. The SMILES string of the molecule is CS(=O)(=O)CCCOc1cncc(C#CCCCl)c1. The lowest BCUT2D eigenvalue weighted by Gasteiger charge is -2.05. The highest BCUT2D eigenvalue weighted by atomic mass is 35.5. The summed E-state index contributed by atoms with van der Waals surface area (Å²) in [5.74, 6) is 7.05. The molecule has 0 aromatic carbocycles. The van der Waals surface area contributed by atoms with Crippen molar-refractivity contribution >= 4 is 21.4 Å². The highest BCUT2D eigenvalue weighted by Gasteiger charge is 2.02. The van der Waals surface area contributed by atoms with Crippen molar-refractivity contribution in [1.29, 1.82) is 0 Å². The molecule has 0 aliphatic heterocycles. The number of hydrogen-bond acceptors (Lipinski definition) is 4. The van der Waals surface area contributed by atoms with Crippen LogP contribution in [0, 0.1) is 11.8 Å². The van der Waals surface area contributed by atoms with Crippen LogP contribution in [-0.2, 0) is 9.84 Å². The molecule has 0 atom stereocenters. The Kier molecular flexibility index (Phi) is 6.68. The Morgan fingerprint density at radius 3 is 2.89 bits per heavy atom. The van der Waals surface area contributed by atoms with Gasteiger partial charge in [0.15, 0.2) is 0 Å². The van der Waals surface area contributed by atoms with Crippen molar-refractivity contribution in [3.8, 4) is 17.6 Å². The quantitative estimate of drug-likeness (QED) is 0.457. The Balaban J connectivity index is 2.47. The van der Waals surface area contributed by atoms with Gasteiger partial charge in [0, 0.05) is 30.3 Å². The van der Waals surface area contributed by atoms with Crippen LogP contribution in [-0.4, -0.2) is 37.9 Å². The molecule has 4 nitrogen and oxygen atoms in total. The normalized spacial score (nSPS) is 10.6. The molecule has 1 aromatic heterocycles. The van der Waals surface area contributed by atoms with E-state index in [4.69, 9.17) is 16.3 Å². The van der Waals surface area contributed by atoms with Gasteiger partial charge >= 0.3 is 0 Å². The van der Waals surface area contributed by atoms with Gasteiger partial charge in [0.2, 0.25) is 0 Å². The molecule has 0 radical (unpaired) electrons. The highest BCUT2D eigenvalue weighted by molar-refractivity contribution is 7.90. The predicted molar refractivity (Wildman–Crippen MR) is 76.3 cm³/mol. The van der Waals surface area contributed by atoms with E-state index in [2.05, 4.69) is 16.8 Å². The monoisotopic (exact) mass is 301 g/mol. The van der Waals surface area contributed by atoms with E-state index in [-0.39, 0.29) is 5.75 Å². The lowest BCUT2D eigenvalue weighted by molar-refractivity contribution is 0.316. The van der Waals surface area contributed by atoms with E-state index in [0.717, 1.165) is 5.56 Å². The van der Waals surface area contributed by atoms with E-state index in [9.17, 15) is 8.42 Å². The zero-order valence-corrected chi connectivity index (χ0v) is 12.3. The smallest absolute Gasteiger partial charge is 0.147 e. The molecule has 0 N–H and O–H groups in total. The van der Waals surface area contributed by atoms with E-state index in [1.54, 1.807) is 18.5 Å². The van der Waals surface area contributed by atoms with Crippen molar-refractivity contribution in [1.82, 2.24) is 4.98 Å². The molecule has 0 bridgehead atoms. The molecular weight excluding hydrogens is 286 g/mol. The van der Waals surface area contributed by atoms with Gasteiger partial charge in [-0.25, -0.2) is 8.42 Å². The molecule has 0 aliphatic rings. The summed E-state index contributed by atoms with van der Waals surface area (Å²) < 4.78 is 27.3. The molecule has 0 fully saturated rings. The van der Waals surface area contributed by atoms with Gasteiger partial charge in [-0.2, -0.15) is 0 Å². The number of alkyl halides is 1. The molecule has 0 spiro atoms. The van der Waals surface area contributed by atoms with Gasteiger partial charge in [-0.3, -0.25) is 4.98 Å². The second-order valence-electron chi connectivity index (χ2n) is 3.98. The summed E-state index contributed by atoms with van der Waals surface area (Å²) in [4.78, 5) is 4.01. The van der Waals surface area contributed by atoms with E-state index in [1.807, 2.05) is 0 Å². The van der Waals surface area contributed by atoms with Crippen LogP contribution in [0.4, 0.5) is 0 Å². The molecule has 1 rings (SSSR count). The Morgan fingerprint density at radius 1 is 1.42 bits per heavy atom. The largest absolute Gasteiger partial charge is 0.492 e. The lowest BCUT2D eigenvalue weighted by atomic mass is 10.2. The molecule has 104 valence electrons. The average Bonchev–Trinajstić information content (AvgIpc) is 2.35. The maximum absolute atomic E-state index is 10.9. The molecular formula is C13H16ClNO3S. The molecule has 19 heavy (non-hydrogen) atoms. The van der Waals surface area contributed by atoms with Crippen molar-refractivity contribution in [3.05, 3.63) is 24.0 Å². The zero-order valence-electron chi connectivity index (χ0n) is 10.7. The van der Waals surface area contributed by atoms with Crippen molar-refractivity contribution in [2.75, 3.05) is 24.5 Å². The summed E-state index contributed by atoms with van der Waals surface area (Å²) >= 11 is 5.53. The van der Waals surface area contributed by atoms with Crippen LogP contribution in [0.1, 0.15) is 18.4 Å². The minimum absolute atomic E-state index is 0.121. The van der Waals surface area contributed by atoms with Gasteiger partial charge < -0.3 is 4.74 Å². The number of sulfone groups is 1. The number of pyridine rings is 1. The van der Waals surface area contributed by atoms with Crippen LogP contribution >= 0.6 is 11.6 Å². The first-order chi connectivity index (χ1) is 9.01. The topological polar surface area (TPSA) is 56.3 Å². The number of halogens is 1. The molecule has 0 amide bonds. The maximum atomic E-state index is 10.9. The molecule has 6 heteroatoms. The zero-order chi connectivity index (χ0) is 14.1. The van der Waals surface area contributed by atoms with E-state index in [0.29, 0.717) is 31.1 Å². The summed E-state index contributed by atoms with van der Waals surface area (Å²) in [6, 6.07) is 1.77. The van der Waals surface area contributed by atoms with E-state index < -0.39 is 9.84 Å². The maximum Gasteiger partial charge on any atom is 0.147 e. The molecule has 1 aromatic rings. The van der Waals surface area contributed by atoms with Crippen molar-refractivity contribution < 1.29 is 13.2 Å². The van der Waals surface area contributed by atoms with Crippen LogP contribution in [0.3, 0.4) is 0 Å². The minimum atomic E-state index is -2.93. The Morgan fingerprint density at radius 2 is 2.21 bits per heavy atom. The fourth-order valence-corrected chi connectivity index (χ4v) is 2.03. The van der Waals surface area contributed by atoms with Crippen LogP contribution in [0.5, 0.6) is 5.75 Å². The standard InChI is InChI=1S/C13H16ClNO3S/c1-19(16,17)8-4-7-18-13-9-12(10-15-11-13)5-2-3-6-14/h9-11H,3-4,6-8H2,1H3. The molecule has 1 heterocycles. The molecule has 0 unspecified atom stereocenters. The van der Waals surface area contributed by atoms with Gasteiger partial charge in [0.05, 0.1) is 18.6 Å². The van der Waals surface area contributed by atoms with Crippen molar-refractivity contribution in [2.45, 2.75) is 12.8 Å². The third-order valence-corrected chi connectivity index (χ3v) is 3.31. The second kappa shape index (κ2) is 8.03. The Labute approximate surface area is 119 Å². The number of aromatic nitrogens is 1.